The van der Waals surface area contributed by atoms with E-state index < -0.39 is 0 Å². The topological polar surface area (TPSA) is 30.9 Å². The maximum atomic E-state index is 6.06. The first-order chi connectivity index (χ1) is 10.9. The second kappa shape index (κ2) is 4.52. The first kappa shape index (κ1) is 12.1. The number of para-hydroxylation sites is 1. The van der Waals surface area contributed by atoms with Gasteiger partial charge in [-0.05, 0) is 23.3 Å². The molecule has 0 fully saturated rings. The summed E-state index contributed by atoms with van der Waals surface area (Å²) < 4.78 is 10.3. The van der Waals surface area contributed by atoms with Crippen LogP contribution in [-0.4, -0.2) is 15.9 Å². The molecular formula is C18H16N3O+. The van der Waals surface area contributed by atoms with Gasteiger partial charge in [-0.25, -0.2) is 4.57 Å². The van der Waals surface area contributed by atoms with Gasteiger partial charge in [-0.2, -0.15) is 0 Å². The Labute approximate surface area is 128 Å². The monoisotopic (exact) mass is 290 g/mol. The third-order valence-electron chi connectivity index (χ3n) is 4.65. The number of fused-ring (bicyclic) bond motifs is 5. The van der Waals surface area contributed by atoms with E-state index in [0.717, 1.165) is 17.9 Å². The Morgan fingerprint density at radius 1 is 1.05 bits per heavy atom. The van der Waals surface area contributed by atoms with E-state index in [-0.39, 0.29) is 12.1 Å². The number of nitrogens with zero attached hydrogens (tertiary/aromatic N) is 3. The fourth-order valence-electron chi connectivity index (χ4n) is 3.63. The summed E-state index contributed by atoms with van der Waals surface area (Å²) in [7, 11) is 0. The van der Waals surface area contributed by atoms with Gasteiger partial charge in [0.25, 0.3) is 0 Å². The van der Waals surface area contributed by atoms with Crippen LogP contribution in [0.1, 0.15) is 23.0 Å². The van der Waals surface area contributed by atoms with Gasteiger partial charge in [0.05, 0.1) is 0 Å². The fourth-order valence-corrected chi connectivity index (χ4v) is 3.63. The predicted octanol–water partition coefficient (Wildman–Crippen LogP) is 2.20. The van der Waals surface area contributed by atoms with Crippen LogP contribution < -0.4 is 4.57 Å². The molecule has 0 spiro atoms. The van der Waals surface area contributed by atoms with Crippen LogP contribution in [0.2, 0.25) is 0 Å². The lowest BCUT2D eigenvalue weighted by molar-refractivity contribution is -0.739. The first-order valence-corrected chi connectivity index (χ1v) is 7.65. The molecule has 1 aliphatic heterocycles. The zero-order valence-electron chi connectivity index (χ0n) is 12.1. The van der Waals surface area contributed by atoms with E-state index in [9.17, 15) is 0 Å². The Morgan fingerprint density at radius 3 is 2.77 bits per heavy atom. The SMILES string of the molecule is c1ccc(-n2c[n+]3c(n2)CO[C@@H]2Cc4ccccc4C23)cc1. The van der Waals surface area contributed by atoms with Crippen molar-refractivity contribution in [2.24, 2.45) is 0 Å². The Balaban J connectivity index is 1.64. The molecule has 0 saturated carbocycles. The minimum atomic E-state index is 0.225. The minimum Gasteiger partial charge on any atom is -0.363 e. The van der Waals surface area contributed by atoms with E-state index in [1.807, 2.05) is 22.9 Å². The summed E-state index contributed by atoms with van der Waals surface area (Å²) in [5.74, 6) is 0.988. The van der Waals surface area contributed by atoms with Gasteiger partial charge in [-0.1, -0.05) is 47.1 Å². The summed E-state index contributed by atoms with van der Waals surface area (Å²) in [5, 5.41) is 4.71. The summed E-state index contributed by atoms with van der Waals surface area (Å²) in [5.41, 5.74) is 3.84. The Bertz CT molecular complexity index is 841. The van der Waals surface area contributed by atoms with Crippen LogP contribution in [0.15, 0.2) is 60.9 Å². The average Bonchev–Trinajstić information content (AvgIpc) is 3.16. The average molecular weight is 290 g/mol. The first-order valence-electron chi connectivity index (χ1n) is 7.65. The highest BCUT2D eigenvalue weighted by Crippen LogP contribution is 2.35. The van der Waals surface area contributed by atoms with Crippen LogP contribution in [0, 0.1) is 0 Å². The van der Waals surface area contributed by atoms with E-state index in [1.165, 1.54) is 11.1 Å². The van der Waals surface area contributed by atoms with Gasteiger partial charge in [0, 0.05) is 11.5 Å². The lowest BCUT2D eigenvalue weighted by Crippen LogP contribution is -2.51. The van der Waals surface area contributed by atoms with Crippen molar-refractivity contribution in [1.29, 1.82) is 0 Å². The molecule has 108 valence electrons. The second-order valence-electron chi connectivity index (χ2n) is 5.92. The summed E-state index contributed by atoms with van der Waals surface area (Å²) in [6.07, 6.45) is 3.32. The Kier molecular flexibility index (Phi) is 2.49. The molecule has 2 atom stereocenters. The maximum absolute atomic E-state index is 6.06. The number of hydrogen-bond donors (Lipinski definition) is 0. The quantitative estimate of drug-likeness (QED) is 0.643. The van der Waals surface area contributed by atoms with Gasteiger partial charge in [-0.3, -0.25) is 0 Å². The van der Waals surface area contributed by atoms with Crippen molar-refractivity contribution in [1.82, 2.24) is 9.78 Å². The van der Waals surface area contributed by atoms with E-state index in [1.54, 1.807) is 0 Å². The maximum Gasteiger partial charge on any atom is 0.304 e. The molecule has 2 aromatic carbocycles. The molecule has 0 saturated heterocycles. The number of aromatic nitrogens is 3. The molecule has 0 bridgehead atoms. The summed E-state index contributed by atoms with van der Waals surface area (Å²) in [6.45, 7) is 0.578. The number of rotatable bonds is 1. The van der Waals surface area contributed by atoms with Crippen LogP contribution in [0.25, 0.3) is 5.69 Å². The molecule has 2 aliphatic rings. The Morgan fingerprint density at radius 2 is 1.86 bits per heavy atom. The van der Waals surface area contributed by atoms with Crippen LogP contribution >= 0.6 is 0 Å². The second-order valence-corrected chi connectivity index (χ2v) is 5.92. The molecule has 0 N–H and O–H groups in total. The third kappa shape index (κ3) is 1.67. The van der Waals surface area contributed by atoms with Gasteiger partial charge < -0.3 is 4.74 Å². The van der Waals surface area contributed by atoms with Crippen molar-refractivity contribution in [3.05, 3.63) is 77.9 Å². The van der Waals surface area contributed by atoms with Gasteiger partial charge in [0.2, 0.25) is 6.33 Å². The van der Waals surface area contributed by atoms with Crippen LogP contribution in [0.4, 0.5) is 0 Å². The predicted molar refractivity (Wildman–Crippen MR) is 80.6 cm³/mol. The highest BCUT2D eigenvalue weighted by molar-refractivity contribution is 5.35. The molecule has 4 heteroatoms. The highest BCUT2D eigenvalue weighted by Gasteiger charge is 2.43. The van der Waals surface area contributed by atoms with Crippen LogP contribution in [-0.2, 0) is 17.8 Å². The van der Waals surface area contributed by atoms with Crippen molar-refractivity contribution < 1.29 is 9.30 Å². The molecule has 22 heavy (non-hydrogen) atoms. The molecule has 0 amide bonds. The smallest absolute Gasteiger partial charge is 0.304 e. The number of hydrogen-bond acceptors (Lipinski definition) is 2. The van der Waals surface area contributed by atoms with E-state index in [4.69, 9.17) is 9.84 Å². The van der Waals surface area contributed by atoms with Crippen molar-refractivity contribution >= 4 is 0 Å². The Hall–Kier alpha value is -2.46. The van der Waals surface area contributed by atoms with Gasteiger partial charge >= 0.3 is 5.82 Å². The van der Waals surface area contributed by atoms with Crippen LogP contribution in [0.3, 0.4) is 0 Å². The largest absolute Gasteiger partial charge is 0.363 e. The zero-order valence-corrected chi connectivity index (χ0v) is 12.1. The van der Waals surface area contributed by atoms with Crippen molar-refractivity contribution in [2.75, 3.05) is 0 Å². The standard InChI is InChI=1S/C18H16N3O/c1-2-7-14(8-3-1)21-12-20-17(19-21)11-22-16-10-13-6-4-5-9-15(13)18(16)20/h1-9,12,16,18H,10-11H2/q+1/t16-,18?/m1/s1. The molecule has 4 nitrogen and oxygen atoms in total. The number of ether oxygens (including phenoxy) is 1. The molecule has 1 aliphatic carbocycles. The summed E-state index contributed by atoms with van der Waals surface area (Å²) in [4.78, 5) is 0. The lowest BCUT2D eigenvalue weighted by atomic mass is 10.1. The molecule has 1 unspecified atom stereocenters. The summed E-state index contributed by atoms with van der Waals surface area (Å²) in [6, 6.07) is 19.1. The van der Waals surface area contributed by atoms with E-state index >= 15 is 0 Å². The van der Waals surface area contributed by atoms with Gasteiger partial charge in [0.15, 0.2) is 0 Å². The summed E-state index contributed by atoms with van der Waals surface area (Å²) >= 11 is 0. The van der Waals surface area contributed by atoms with Crippen LogP contribution in [0.5, 0.6) is 0 Å². The molecule has 1 aromatic heterocycles. The zero-order chi connectivity index (χ0) is 14.5. The highest BCUT2D eigenvalue weighted by atomic mass is 16.5. The normalized spacial score (nSPS) is 22.0. The van der Waals surface area contributed by atoms with Crippen molar-refractivity contribution in [3.8, 4) is 5.69 Å². The third-order valence-corrected chi connectivity index (χ3v) is 4.65. The van der Waals surface area contributed by atoms with Gasteiger partial charge in [0.1, 0.15) is 24.4 Å². The molecule has 3 aromatic rings. The fraction of sp³-hybridized carbons (Fsp3) is 0.222. The minimum absolute atomic E-state index is 0.225. The van der Waals surface area contributed by atoms with Gasteiger partial charge in [-0.15, -0.1) is 0 Å². The van der Waals surface area contributed by atoms with Crippen molar-refractivity contribution in [2.45, 2.75) is 25.2 Å². The number of benzene rings is 2. The van der Waals surface area contributed by atoms with Crippen molar-refractivity contribution in [3.63, 3.8) is 0 Å². The van der Waals surface area contributed by atoms with E-state index in [0.29, 0.717) is 6.61 Å². The molecular weight excluding hydrogens is 274 g/mol. The molecule has 2 heterocycles. The van der Waals surface area contributed by atoms with E-state index in [2.05, 4.69) is 47.3 Å². The molecule has 0 radical (unpaired) electrons. The molecule has 5 rings (SSSR count). The lowest BCUT2D eigenvalue weighted by Gasteiger charge is -2.23.